The maximum atomic E-state index is 12.2. The van der Waals surface area contributed by atoms with Crippen molar-refractivity contribution in [1.82, 2.24) is 0 Å². The van der Waals surface area contributed by atoms with Gasteiger partial charge in [0.05, 0.1) is 5.75 Å². The minimum Gasteiger partial charge on any atom is -0.486 e. The zero-order valence-corrected chi connectivity index (χ0v) is 14.0. The largest absolute Gasteiger partial charge is 0.486 e. The SMILES string of the molecule is Cc1ccc(C)c(NC(=O)CSc2ccc3c(c2)OCCO3)c1. The maximum absolute atomic E-state index is 12.2. The molecular weight excluding hydrogens is 310 g/mol. The third-order valence-corrected chi connectivity index (χ3v) is 4.54. The number of anilines is 1. The predicted molar refractivity (Wildman–Crippen MR) is 92.7 cm³/mol. The Morgan fingerprint density at radius 3 is 2.70 bits per heavy atom. The lowest BCUT2D eigenvalue weighted by Gasteiger charge is -2.18. The minimum atomic E-state index is -0.0152. The molecule has 1 aliphatic rings. The Labute approximate surface area is 140 Å². The van der Waals surface area contributed by atoms with Crippen molar-refractivity contribution < 1.29 is 14.3 Å². The molecule has 0 spiro atoms. The van der Waals surface area contributed by atoms with Gasteiger partial charge in [-0.25, -0.2) is 0 Å². The molecule has 23 heavy (non-hydrogen) atoms. The molecule has 0 bridgehead atoms. The fourth-order valence-corrected chi connectivity index (χ4v) is 3.04. The first-order chi connectivity index (χ1) is 11.1. The summed E-state index contributed by atoms with van der Waals surface area (Å²) in [5, 5.41) is 2.97. The van der Waals surface area contributed by atoms with E-state index in [1.807, 2.05) is 50.2 Å². The number of hydrogen-bond acceptors (Lipinski definition) is 4. The van der Waals surface area contributed by atoms with Gasteiger partial charge in [-0.2, -0.15) is 0 Å². The van der Waals surface area contributed by atoms with E-state index in [9.17, 15) is 4.79 Å². The van der Waals surface area contributed by atoms with E-state index in [1.54, 1.807) is 0 Å². The van der Waals surface area contributed by atoms with Gasteiger partial charge in [0.2, 0.25) is 5.91 Å². The summed E-state index contributed by atoms with van der Waals surface area (Å²) < 4.78 is 11.1. The number of benzene rings is 2. The molecule has 0 fully saturated rings. The van der Waals surface area contributed by atoms with Crippen LogP contribution in [0.5, 0.6) is 11.5 Å². The van der Waals surface area contributed by atoms with E-state index in [0.29, 0.717) is 19.0 Å². The maximum Gasteiger partial charge on any atom is 0.234 e. The Morgan fingerprint density at radius 2 is 1.87 bits per heavy atom. The minimum absolute atomic E-state index is 0.0152. The Kier molecular flexibility index (Phi) is 4.76. The number of carbonyl (C=O) groups excluding carboxylic acids is 1. The number of thioether (sulfide) groups is 1. The Bertz CT molecular complexity index is 730. The number of amides is 1. The number of ether oxygens (including phenoxy) is 2. The standard InChI is InChI=1S/C18H19NO3S/c1-12-3-4-13(2)15(9-12)19-18(20)11-23-14-5-6-16-17(10-14)22-8-7-21-16/h3-6,9-10H,7-8,11H2,1-2H3,(H,19,20). The van der Waals surface area contributed by atoms with Gasteiger partial charge in [0.15, 0.2) is 11.5 Å². The fourth-order valence-electron chi connectivity index (χ4n) is 2.32. The lowest BCUT2D eigenvalue weighted by atomic mass is 10.1. The van der Waals surface area contributed by atoms with Gasteiger partial charge >= 0.3 is 0 Å². The molecule has 0 atom stereocenters. The molecular formula is C18H19NO3S. The molecule has 120 valence electrons. The van der Waals surface area contributed by atoms with Crippen molar-refractivity contribution in [3.8, 4) is 11.5 Å². The van der Waals surface area contributed by atoms with Gasteiger partial charge in [0, 0.05) is 10.6 Å². The summed E-state index contributed by atoms with van der Waals surface area (Å²) in [5.41, 5.74) is 3.07. The average Bonchev–Trinajstić information content (AvgIpc) is 2.56. The van der Waals surface area contributed by atoms with Crippen molar-refractivity contribution in [1.29, 1.82) is 0 Å². The summed E-state index contributed by atoms with van der Waals surface area (Å²) >= 11 is 1.48. The number of aryl methyl sites for hydroxylation is 2. The quantitative estimate of drug-likeness (QED) is 0.867. The van der Waals surface area contributed by atoms with Crippen LogP contribution < -0.4 is 14.8 Å². The molecule has 5 heteroatoms. The molecule has 0 unspecified atom stereocenters. The summed E-state index contributed by atoms with van der Waals surface area (Å²) in [7, 11) is 0. The fraction of sp³-hybridized carbons (Fsp3) is 0.278. The Morgan fingerprint density at radius 1 is 1.09 bits per heavy atom. The molecule has 0 aliphatic carbocycles. The summed E-state index contributed by atoms with van der Waals surface area (Å²) in [6, 6.07) is 11.8. The Hall–Kier alpha value is -2.14. The van der Waals surface area contributed by atoms with E-state index >= 15 is 0 Å². The highest BCUT2D eigenvalue weighted by molar-refractivity contribution is 8.00. The molecule has 1 N–H and O–H groups in total. The summed E-state index contributed by atoms with van der Waals surface area (Å²) in [5.74, 6) is 1.85. The van der Waals surface area contributed by atoms with Gasteiger partial charge < -0.3 is 14.8 Å². The van der Waals surface area contributed by atoms with Gasteiger partial charge in [-0.05, 0) is 49.2 Å². The third kappa shape index (κ3) is 3.99. The highest BCUT2D eigenvalue weighted by Crippen LogP contribution is 2.34. The molecule has 2 aromatic carbocycles. The summed E-state index contributed by atoms with van der Waals surface area (Å²) in [4.78, 5) is 13.1. The molecule has 1 amide bonds. The molecule has 4 nitrogen and oxygen atoms in total. The molecule has 2 aromatic rings. The molecule has 0 saturated heterocycles. The van der Waals surface area contributed by atoms with Crippen LogP contribution in [0.4, 0.5) is 5.69 Å². The van der Waals surface area contributed by atoms with Crippen LogP contribution in [0.25, 0.3) is 0 Å². The van der Waals surface area contributed by atoms with E-state index in [4.69, 9.17) is 9.47 Å². The van der Waals surface area contributed by atoms with Crippen molar-refractivity contribution in [3.63, 3.8) is 0 Å². The topological polar surface area (TPSA) is 47.6 Å². The van der Waals surface area contributed by atoms with Crippen LogP contribution in [0.15, 0.2) is 41.3 Å². The number of fused-ring (bicyclic) bond motifs is 1. The zero-order chi connectivity index (χ0) is 16.2. The highest BCUT2D eigenvalue weighted by Gasteiger charge is 2.13. The first-order valence-corrected chi connectivity index (χ1v) is 8.50. The van der Waals surface area contributed by atoms with E-state index in [0.717, 1.165) is 33.2 Å². The first-order valence-electron chi connectivity index (χ1n) is 7.51. The van der Waals surface area contributed by atoms with Crippen LogP contribution in [0.1, 0.15) is 11.1 Å². The lowest BCUT2D eigenvalue weighted by Crippen LogP contribution is -2.16. The second-order valence-electron chi connectivity index (χ2n) is 5.46. The zero-order valence-electron chi connectivity index (χ0n) is 13.2. The van der Waals surface area contributed by atoms with E-state index in [1.165, 1.54) is 11.8 Å². The summed E-state index contributed by atoms with van der Waals surface area (Å²) in [6.45, 7) is 5.15. The second kappa shape index (κ2) is 6.96. The van der Waals surface area contributed by atoms with Crippen molar-refractivity contribution in [2.45, 2.75) is 18.7 Å². The lowest BCUT2D eigenvalue weighted by molar-refractivity contribution is -0.113. The monoisotopic (exact) mass is 329 g/mol. The van der Waals surface area contributed by atoms with Crippen LogP contribution in [-0.2, 0) is 4.79 Å². The Balaban J connectivity index is 1.59. The molecule has 0 aromatic heterocycles. The molecule has 3 rings (SSSR count). The van der Waals surface area contributed by atoms with Gasteiger partial charge in [-0.15, -0.1) is 11.8 Å². The van der Waals surface area contributed by atoms with Crippen LogP contribution >= 0.6 is 11.8 Å². The van der Waals surface area contributed by atoms with E-state index < -0.39 is 0 Å². The summed E-state index contributed by atoms with van der Waals surface area (Å²) in [6.07, 6.45) is 0. The van der Waals surface area contributed by atoms with Crippen LogP contribution in [0.2, 0.25) is 0 Å². The van der Waals surface area contributed by atoms with Gasteiger partial charge in [0.1, 0.15) is 13.2 Å². The van der Waals surface area contributed by atoms with Crippen molar-refractivity contribution in [3.05, 3.63) is 47.5 Å². The molecule has 1 heterocycles. The van der Waals surface area contributed by atoms with Crippen LogP contribution in [-0.4, -0.2) is 24.9 Å². The number of nitrogens with one attached hydrogen (secondary N) is 1. The smallest absolute Gasteiger partial charge is 0.234 e. The normalized spacial score (nSPS) is 12.8. The van der Waals surface area contributed by atoms with E-state index in [-0.39, 0.29) is 5.91 Å². The van der Waals surface area contributed by atoms with Crippen LogP contribution in [0, 0.1) is 13.8 Å². The molecule has 0 saturated carbocycles. The highest BCUT2D eigenvalue weighted by atomic mass is 32.2. The van der Waals surface area contributed by atoms with Gasteiger partial charge in [0.25, 0.3) is 0 Å². The predicted octanol–water partition coefficient (Wildman–Crippen LogP) is 3.81. The number of rotatable bonds is 4. The number of hydrogen-bond donors (Lipinski definition) is 1. The molecule has 1 aliphatic heterocycles. The average molecular weight is 329 g/mol. The third-order valence-electron chi connectivity index (χ3n) is 3.55. The first kappa shape index (κ1) is 15.7. The van der Waals surface area contributed by atoms with Gasteiger partial charge in [-0.3, -0.25) is 4.79 Å². The van der Waals surface area contributed by atoms with Crippen molar-refractivity contribution in [2.24, 2.45) is 0 Å². The van der Waals surface area contributed by atoms with Gasteiger partial charge in [-0.1, -0.05) is 12.1 Å². The van der Waals surface area contributed by atoms with E-state index in [2.05, 4.69) is 5.32 Å². The van der Waals surface area contributed by atoms with Crippen molar-refractivity contribution >= 4 is 23.4 Å². The second-order valence-corrected chi connectivity index (χ2v) is 6.51. The number of carbonyl (C=O) groups is 1. The molecule has 0 radical (unpaired) electrons. The van der Waals surface area contributed by atoms with Crippen molar-refractivity contribution in [2.75, 3.05) is 24.3 Å². The van der Waals surface area contributed by atoms with Crippen LogP contribution in [0.3, 0.4) is 0 Å².